The second-order valence-electron chi connectivity index (χ2n) is 5.30. The first-order valence-electron chi connectivity index (χ1n) is 6.56. The zero-order chi connectivity index (χ0) is 12.7. The molecule has 0 saturated heterocycles. The normalized spacial score (nSPS) is 18.7. The van der Waals surface area contributed by atoms with E-state index < -0.39 is 0 Å². The lowest BCUT2D eigenvalue weighted by Crippen LogP contribution is -2.18. The summed E-state index contributed by atoms with van der Waals surface area (Å²) in [6.45, 7) is 4.25. The first-order valence-corrected chi connectivity index (χ1v) is 6.56. The van der Waals surface area contributed by atoms with E-state index >= 15 is 0 Å². The number of benzene rings is 1. The molecule has 1 aliphatic rings. The first-order chi connectivity index (χ1) is 8.65. The highest BCUT2D eigenvalue weighted by Crippen LogP contribution is 2.29. The number of hydrogen-bond donors (Lipinski definition) is 1. The summed E-state index contributed by atoms with van der Waals surface area (Å²) in [7, 11) is 0. The van der Waals surface area contributed by atoms with E-state index in [2.05, 4.69) is 41.8 Å². The zero-order valence-corrected chi connectivity index (χ0v) is 11.0. The number of fused-ring (bicyclic) bond motifs is 1. The molecule has 1 aliphatic carbocycles. The fourth-order valence-electron chi connectivity index (χ4n) is 2.89. The van der Waals surface area contributed by atoms with Crippen molar-refractivity contribution in [1.82, 2.24) is 9.78 Å². The quantitative estimate of drug-likeness (QED) is 0.834. The van der Waals surface area contributed by atoms with Crippen LogP contribution in [0.25, 0.3) is 5.69 Å². The molecule has 0 aliphatic heterocycles. The third kappa shape index (κ3) is 1.85. The Kier molecular flexibility index (Phi) is 2.71. The summed E-state index contributed by atoms with van der Waals surface area (Å²) >= 11 is 0. The maximum absolute atomic E-state index is 6.14. The highest BCUT2D eigenvalue weighted by atomic mass is 15.3. The van der Waals surface area contributed by atoms with Gasteiger partial charge in [0.05, 0.1) is 11.9 Å². The monoisotopic (exact) mass is 241 g/mol. The molecule has 1 atom stereocenters. The molecule has 1 aromatic carbocycles. The van der Waals surface area contributed by atoms with Gasteiger partial charge in [-0.15, -0.1) is 0 Å². The zero-order valence-electron chi connectivity index (χ0n) is 11.0. The van der Waals surface area contributed by atoms with E-state index in [-0.39, 0.29) is 6.04 Å². The Hall–Kier alpha value is -1.61. The number of aromatic nitrogens is 2. The van der Waals surface area contributed by atoms with Crippen molar-refractivity contribution in [3.63, 3.8) is 0 Å². The average Bonchev–Trinajstić information content (AvgIpc) is 2.73. The van der Waals surface area contributed by atoms with Crippen molar-refractivity contribution in [2.75, 3.05) is 0 Å². The molecule has 0 unspecified atom stereocenters. The topological polar surface area (TPSA) is 43.8 Å². The predicted molar refractivity (Wildman–Crippen MR) is 72.9 cm³/mol. The van der Waals surface area contributed by atoms with Gasteiger partial charge in [0.25, 0.3) is 0 Å². The fraction of sp³-hybridized carbons (Fsp3) is 0.400. The molecule has 3 nitrogen and oxygen atoms in total. The second kappa shape index (κ2) is 4.25. The van der Waals surface area contributed by atoms with Crippen LogP contribution in [0.4, 0.5) is 0 Å². The number of nitrogens with zero attached hydrogens (tertiary/aromatic N) is 2. The average molecular weight is 241 g/mol. The van der Waals surface area contributed by atoms with Crippen LogP contribution in [-0.2, 0) is 6.42 Å². The smallest absolute Gasteiger partial charge is 0.0654 e. The van der Waals surface area contributed by atoms with Crippen molar-refractivity contribution >= 4 is 0 Å². The molecule has 0 fully saturated rings. The van der Waals surface area contributed by atoms with Crippen LogP contribution in [0.15, 0.2) is 24.4 Å². The summed E-state index contributed by atoms with van der Waals surface area (Å²) in [6.07, 6.45) is 5.25. The Bertz CT molecular complexity index is 563. The summed E-state index contributed by atoms with van der Waals surface area (Å²) in [5.74, 6) is 0. The highest BCUT2D eigenvalue weighted by Gasteiger charge is 2.21. The minimum absolute atomic E-state index is 0.161. The molecule has 1 aromatic heterocycles. The molecule has 0 amide bonds. The highest BCUT2D eigenvalue weighted by molar-refractivity contribution is 5.42. The van der Waals surface area contributed by atoms with Gasteiger partial charge in [0.1, 0.15) is 0 Å². The molecule has 1 heterocycles. The van der Waals surface area contributed by atoms with E-state index in [0.29, 0.717) is 0 Å². The predicted octanol–water partition coefficient (Wildman–Crippen LogP) is 2.83. The lowest BCUT2D eigenvalue weighted by Gasteiger charge is -2.19. The summed E-state index contributed by atoms with van der Waals surface area (Å²) in [4.78, 5) is 0. The van der Waals surface area contributed by atoms with Gasteiger partial charge in [-0.05, 0) is 56.4 Å². The van der Waals surface area contributed by atoms with Gasteiger partial charge in [0, 0.05) is 17.3 Å². The first kappa shape index (κ1) is 11.5. The van der Waals surface area contributed by atoms with Gasteiger partial charge in [0.2, 0.25) is 0 Å². The Morgan fingerprint density at radius 2 is 1.94 bits per heavy atom. The molecule has 94 valence electrons. The maximum atomic E-state index is 6.14. The van der Waals surface area contributed by atoms with Crippen molar-refractivity contribution in [1.29, 1.82) is 0 Å². The summed E-state index contributed by atoms with van der Waals surface area (Å²) < 4.78 is 2.06. The molecule has 0 spiro atoms. The molecule has 3 rings (SSSR count). The summed E-state index contributed by atoms with van der Waals surface area (Å²) in [6, 6.07) is 6.71. The van der Waals surface area contributed by atoms with E-state index in [0.717, 1.165) is 24.9 Å². The Morgan fingerprint density at radius 3 is 2.67 bits per heavy atom. The molecular formula is C15H19N3. The summed E-state index contributed by atoms with van der Waals surface area (Å²) in [5.41, 5.74) is 12.4. The van der Waals surface area contributed by atoms with Gasteiger partial charge in [-0.2, -0.15) is 5.10 Å². The SMILES string of the molecule is Cc1cc(C)cc(-n2ncc3c2CCC[C@@H]3N)c1. The van der Waals surface area contributed by atoms with E-state index in [9.17, 15) is 0 Å². The molecule has 0 bridgehead atoms. The molecular weight excluding hydrogens is 222 g/mol. The van der Waals surface area contributed by atoms with Crippen LogP contribution in [0, 0.1) is 13.8 Å². The minimum atomic E-state index is 0.161. The van der Waals surface area contributed by atoms with E-state index in [1.165, 1.54) is 22.4 Å². The molecule has 2 aromatic rings. The molecule has 18 heavy (non-hydrogen) atoms. The van der Waals surface area contributed by atoms with Crippen LogP contribution in [0.5, 0.6) is 0 Å². The molecule has 0 saturated carbocycles. The third-order valence-electron chi connectivity index (χ3n) is 3.68. The Balaban J connectivity index is 2.12. The van der Waals surface area contributed by atoms with Crippen molar-refractivity contribution in [2.45, 2.75) is 39.2 Å². The van der Waals surface area contributed by atoms with Crippen molar-refractivity contribution < 1.29 is 0 Å². The number of aryl methyl sites for hydroxylation is 2. The van der Waals surface area contributed by atoms with Crippen molar-refractivity contribution in [3.8, 4) is 5.69 Å². The van der Waals surface area contributed by atoms with Crippen LogP contribution in [0.1, 0.15) is 41.3 Å². The van der Waals surface area contributed by atoms with E-state index in [1.807, 2.05) is 6.20 Å². The van der Waals surface area contributed by atoms with Crippen LogP contribution in [-0.4, -0.2) is 9.78 Å². The lowest BCUT2D eigenvalue weighted by atomic mass is 9.94. The second-order valence-corrected chi connectivity index (χ2v) is 5.30. The standard InChI is InChI=1S/C15H19N3/c1-10-6-11(2)8-12(7-10)18-15-5-3-4-14(16)13(15)9-17-18/h6-9,14H,3-5,16H2,1-2H3/t14-/m0/s1. The van der Waals surface area contributed by atoms with Gasteiger partial charge in [-0.3, -0.25) is 0 Å². The maximum Gasteiger partial charge on any atom is 0.0654 e. The van der Waals surface area contributed by atoms with E-state index in [4.69, 9.17) is 5.73 Å². The Morgan fingerprint density at radius 1 is 1.22 bits per heavy atom. The van der Waals surface area contributed by atoms with Gasteiger partial charge in [-0.25, -0.2) is 4.68 Å². The Labute approximate surface area is 108 Å². The van der Waals surface area contributed by atoms with Crippen LogP contribution in [0.2, 0.25) is 0 Å². The minimum Gasteiger partial charge on any atom is -0.324 e. The fourth-order valence-corrected chi connectivity index (χ4v) is 2.89. The van der Waals surface area contributed by atoms with Gasteiger partial charge in [-0.1, -0.05) is 6.07 Å². The molecule has 0 radical (unpaired) electrons. The number of nitrogens with two attached hydrogens (primary N) is 1. The number of hydrogen-bond acceptors (Lipinski definition) is 2. The van der Waals surface area contributed by atoms with Gasteiger partial charge >= 0.3 is 0 Å². The molecule has 3 heteroatoms. The van der Waals surface area contributed by atoms with Crippen LogP contribution in [0.3, 0.4) is 0 Å². The van der Waals surface area contributed by atoms with Crippen LogP contribution < -0.4 is 5.73 Å². The van der Waals surface area contributed by atoms with Gasteiger partial charge in [0.15, 0.2) is 0 Å². The third-order valence-corrected chi connectivity index (χ3v) is 3.68. The van der Waals surface area contributed by atoms with Gasteiger partial charge < -0.3 is 5.73 Å². The largest absolute Gasteiger partial charge is 0.324 e. The van der Waals surface area contributed by atoms with Crippen LogP contribution >= 0.6 is 0 Å². The van der Waals surface area contributed by atoms with Crippen molar-refractivity contribution in [2.24, 2.45) is 5.73 Å². The lowest BCUT2D eigenvalue weighted by molar-refractivity contribution is 0.558. The number of rotatable bonds is 1. The van der Waals surface area contributed by atoms with Crippen molar-refractivity contribution in [3.05, 3.63) is 46.8 Å². The summed E-state index contributed by atoms with van der Waals surface area (Å²) in [5, 5.41) is 4.54. The van der Waals surface area contributed by atoms with E-state index in [1.54, 1.807) is 0 Å². The molecule has 2 N–H and O–H groups in total.